The number of ether oxygens (including phenoxy) is 2. The second kappa shape index (κ2) is 8.33. The predicted molar refractivity (Wildman–Crippen MR) is 45.6 cm³/mol. The van der Waals surface area contributed by atoms with Crippen molar-refractivity contribution in [3.8, 4) is 0 Å². The van der Waals surface area contributed by atoms with Crippen LogP contribution in [-0.4, -0.2) is 26.4 Å². The number of hydrogen-bond donors (Lipinski definition) is 1. The summed E-state index contributed by atoms with van der Waals surface area (Å²) in [4.78, 5) is 10.8. The molecular formula is C8H16NO3. The van der Waals surface area contributed by atoms with Crippen LogP contribution in [0.5, 0.6) is 0 Å². The minimum absolute atomic E-state index is 0.392. The van der Waals surface area contributed by atoms with E-state index in [1.807, 2.05) is 6.92 Å². The molecule has 71 valence electrons. The molecular weight excluding hydrogens is 158 g/mol. The lowest BCUT2D eigenvalue weighted by Gasteiger charge is -2.04. The third kappa shape index (κ3) is 7.34. The van der Waals surface area contributed by atoms with Crippen LogP contribution < -0.4 is 5.32 Å². The number of alkyl carbamates (subject to hydrolysis) is 1. The molecule has 1 amide bonds. The second-order valence-electron chi connectivity index (χ2n) is 2.29. The fraction of sp³-hybridized carbons (Fsp3) is 0.750. The monoisotopic (exact) mass is 174 g/mol. The van der Waals surface area contributed by atoms with Gasteiger partial charge in [0.05, 0.1) is 19.8 Å². The summed E-state index contributed by atoms with van der Waals surface area (Å²) in [7, 11) is 1.56. The van der Waals surface area contributed by atoms with Gasteiger partial charge in [-0.05, 0) is 6.42 Å². The van der Waals surface area contributed by atoms with Crippen molar-refractivity contribution in [2.75, 3.05) is 20.3 Å². The molecule has 0 spiro atoms. The molecule has 0 aromatic heterocycles. The van der Waals surface area contributed by atoms with Crippen molar-refractivity contribution in [2.45, 2.75) is 19.8 Å². The minimum atomic E-state index is -0.416. The highest BCUT2D eigenvalue weighted by molar-refractivity contribution is 5.67. The molecule has 0 fully saturated rings. The van der Waals surface area contributed by atoms with Crippen LogP contribution in [0.2, 0.25) is 0 Å². The minimum Gasteiger partial charge on any atom is -0.450 e. The summed E-state index contributed by atoms with van der Waals surface area (Å²) in [5.74, 6) is 0. The van der Waals surface area contributed by atoms with E-state index < -0.39 is 6.09 Å². The van der Waals surface area contributed by atoms with Gasteiger partial charge in [-0.2, -0.15) is 0 Å². The highest BCUT2D eigenvalue weighted by Gasteiger charge is 1.98. The molecule has 1 N–H and O–H groups in total. The Morgan fingerprint density at radius 3 is 2.92 bits per heavy atom. The Balaban J connectivity index is 3.10. The number of carbonyl (C=O) groups excluding carboxylic acids is 1. The van der Waals surface area contributed by atoms with Gasteiger partial charge in [0.25, 0.3) is 0 Å². The van der Waals surface area contributed by atoms with Gasteiger partial charge in [0.2, 0.25) is 0 Å². The van der Waals surface area contributed by atoms with Crippen LogP contribution in [0.15, 0.2) is 0 Å². The van der Waals surface area contributed by atoms with Gasteiger partial charge in [0.1, 0.15) is 0 Å². The van der Waals surface area contributed by atoms with Gasteiger partial charge >= 0.3 is 6.09 Å². The smallest absolute Gasteiger partial charge is 0.407 e. The topological polar surface area (TPSA) is 47.6 Å². The lowest BCUT2D eigenvalue weighted by molar-refractivity contribution is 0.143. The zero-order valence-electron chi connectivity index (χ0n) is 7.63. The lowest BCUT2D eigenvalue weighted by Crippen LogP contribution is -2.23. The van der Waals surface area contributed by atoms with E-state index in [9.17, 15) is 4.79 Å². The first-order chi connectivity index (χ1) is 5.81. The van der Waals surface area contributed by atoms with Gasteiger partial charge in [-0.25, -0.2) is 4.79 Å². The van der Waals surface area contributed by atoms with Crippen molar-refractivity contribution in [3.05, 3.63) is 6.54 Å². The quantitative estimate of drug-likeness (QED) is 0.618. The lowest BCUT2D eigenvalue weighted by atomic mass is 10.4. The fourth-order valence-corrected chi connectivity index (χ4v) is 0.559. The third-order valence-corrected chi connectivity index (χ3v) is 1.20. The van der Waals surface area contributed by atoms with Gasteiger partial charge in [-0.3, -0.25) is 0 Å². The van der Waals surface area contributed by atoms with Crippen LogP contribution in [0.3, 0.4) is 0 Å². The van der Waals surface area contributed by atoms with Crippen molar-refractivity contribution < 1.29 is 14.3 Å². The van der Waals surface area contributed by atoms with Gasteiger partial charge in [0, 0.05) is 7.11 Å². The molecule has 0 unspecified atom stereocenters. The largest absolute Gasteiger partial charge is 0.450 e. The number of amides is 1. The Morgan fingerprint density at radius 2 is 2.33 bits per heavy atom. The number of hydrogen-bond acceptors (Lipinski definition) is 3. The van der Waals surface area contributed by atoms with E-state index in [-0.39, 0.29) is 0 Å². The van der Waals surface area contributed by atoms with Crippen LogP contribution in [-0.2, 0) is 9.47 Å². The summed E-state index contributed by atoms with van der Waals surface area (Å²) in [6.45, 7) is 4.42. The van der Waals surface area contributed by atoms with E-state index >= 15 is 0 Å². The summed E-state index contributed by atoms with van der Waals surface area (Å²) >= 11 is 0. The standard InChI is InChI=1S/C8H16NO3/c1-3-4-6-12-8(10)9-5-7-11-2/h5H,3-4,6-7H2,1-2H3,(H,9,10). The second-order valence-corrected chi connectivity index (χ2v) is 2.29. The van der Waals surface area contributed by atoms with E-state index in [4.69, 9.17) is 9.47 Å². The molecule has 4 nitrogen and oxygen atoms in total. The van der Waals surface area contributed by atoms with E-state index in [0.29, 0.717) is 13.2 Å². The zero-order chi connectivity index (χ0) is 9.23. The van der Waals surface area contributed by atoms with Gasteiger partial charge in [0.15, 0.2) is 0 Å². The maximum absolute atomic E-state index is 10.8. The molecule has 0 bridgehead atoms. The van der Waals surface area contributed by atoms with Crippen molar-refractivity contribution in [2.24, 2.45) is 0 Å². The number of carbonyl (C=O) groups is 1. The summed E-state index contributed by atoms with van der Waals surface area (Å²) in [6, 6.07) is 0. The normalized spacial score (nSPS) is 9.50. The highest BCUT2D eigenvalue weighted by Crippen LogP contribution is 1.88. The molecule has 0 aliphatic rings. The summed E-state index contributed by atoms with van der Waals surface area (Å²) in [5.41, 5.74) is 0. The molecule has 0 aromatic carbocycles. The summed E-state index contributed by atoms with van der Waals surface area (Å²) in [6.07, 6.45) is 1.51. The maximum atomic E-state index is 10.8. The SMILES string of the molecule is CCCCOC(=O)N[CH]COC. The predicted octanol–water partition coefficient (Wildman–Crippen LogP) is 1.32. The Hall–Kier alpha value is -0.770. The van der Waals surface area contributed by atoms with Gasteiger partial charge in [-0.15, -0.1) is 0 Å². The van der Waals surface area contributed by atoms with Crippen LogP contribution in [0, 0.1) is 6.54 Å². The maximum Gasteiger partial charge on any atom is 0.407 e. The van der Waals surface area contributed by atoms with E-state index in [1.165, 1.54) is 6.54 Å². The highest BCUT2D eigenvalue weighted by atomic mass is 16.5. The average Bonchev–Trinajstić information content (AvgIpc) is 2.06. The number of nitrogens with one attached hydrogen (secondary N) is 1. The van der Waals surface area contributed by atoms with Crippen LogP contribution in [0.4, 0.5) is 4.79 Å². The van der Waals surface area contributed by atoms with Crippen molar-refractivity contribution in [3.63, 3.8) is 0 Å². The van der Waals surface area contributed by atoms with Crippen LogP contribution in [0.25, 0.3) is 0 Å². The zero-order valence-corrected chi connectivity index (χ0v) is 7.63. The fourth-order valence-electron chi connectivity index (χ4n) is 0.559. The molecule has 4 heteroatoms. The number of methoxy groups -OCH3 is 1. The van der Waals surface area contributed by atoms with Gasteiger partial charge < -0.3 is 14.8 Å². The molecule has 12 heavy (non-hydrogen) atoms. The van der Waals surface area contributed by atoms with Gasteiger partial charge in [-0.1, -0.05) is 13.3 Å². The molecule has 1 radical (unpaired) electrons. The Labute approximate surface area is 73.2 Å². The first kappa shape index (κ1) is 11.2. The summed E-state index contributed by atoms with van der Waals surface area (Å²) < 4.78 is 9.48. The van der Waals surface area contributed by atoms with E-state index in [1.54, 1.807) is 7.11 Å². The van der Waals surface area contributed by atoms with Crippen molar-refractivity contribution in [1.29, 1.82) is 0 Å². The Kier molecular flexibility index (Phi) is 7.79. The van der Waals surface area contributed by atoms with E-state index in [2.05, 4.69) is 5.32 Å². The molecule has 0 saturated carbocycles. The van der Waals surface area contributed by atoms with Crippen molar-refractivity contribution in [1.82, 2.24) is 5.32 Å². The third-order valence-electron chi connectivity index (χ3n) is 1.20. The molecule has 0 aliphatic carbocycles. The number of unbranched alkanes of at least 4 members (excludes halogenated alkanes) is 1. The Morgan fingerprint density at radius 1 is 1.58 bits per heavy atom. The first-order valence-electron chi connectivity index (χ1n) is 4.05. The van der Waals surface area contributed by atoms with Crippen LogP contribution in [0.1, 0.15) is 19.8 Å². The molecule has 0 aliphatic heterocycles. The first-order valence-corrected chi connectivity index (χ1v) is 4.05. The van der Waals surface area contributed by atoms with E-state index in [0.717, 1.165) is 12.8 Å². The Bertz CT molecular complexity index is 105. The van der Waals surface area contributed by atoms with Crippen molar-refractivity contribution >= 4 is 6.09 Å². The molecule has 0 aromatic rings. The summed E-state index contributed by atoms with van der Waals surface area (Å²) in [5, 5.41) is 2.43. The molecule has 0 atom stereocenters. The molecule has 0 heterocycles. The van der Waals surface area contributed by atoms with Crippen LogP contribution >= 0.6 is 0 Å². The number of rotatable bonds is 6. The molecule has 0 saturated heterocycles. The average molecular weight is 174 g/mol. The molecule has 0 rings (SSSR count).